The Hall–Kier alpha value is -1.43. The molecule has 0 spiro atoms. The summed E-state index contributed by atoms with van der Waals surface area (Å²) in [6.45, 7) is 5.00. The van der Waals surface area contributed by atoms with Gasteiger partial charge in [0.05, 0.1) is 11.9 Å². The Morgan fingerprint density at radius 3 is 3.00 bits per heavy atom. The Morgan fingerprint density at radius 1 is 1.58 bits per heavy atom. The topological polar surface area (TPSA) is 85.8 Å². The third-order valence-corrected chi connectivity index (χ3v) is 3.94. The second-order valence-electron chi connectivity index (χ2n) is 5.97. The van der Waals surface area contributed by atoms with Crippen LogP contribution in [0.5, 0.6) is 0 Å². The van der Waals surface area contributed by atoms with Crippen LogP contribution in [0.2, 0.25) is 0 Å². The molecule has 0 saturated heterocycles. The first-order chi connectivity index (χ1) is 9.01. The summed E-state index contributed by atoms with van der Waals surface area (Å²) in [5.74, 6) is -0.00607. The number of hydrogen-bond acceptors (Lipinski definition) is 4. The third-order valence-electron chi connectivity index (χ3n) is 3.94. The number of hydrogen-bond donors (Lipinski definition) is 2. The van der Waals surface area contributed by atoms with Crippen LogP contribution in [0.4, 0.5) is 0 Å². The molecule has 0 bridgehead atoms. The predicted octanol–water partition coefficient (Wildman–Crippen LogP) is 0.822. The molecule has 1 fully saturated rings. The van der Waals surface area contributed by atoms with Gasteiger partial charge in [0, 0.05) is 12.6 Å². The van der Waals surface area contributed by atoms with Crippen molar-refractivity contribution in [3.8, 4) is 0 Å². The molecule has 1 atom stereocenters. The monoisotopic (exact) mass is 265 g/mol. The first kappa shape index (κ1) is 14.0. The maximum absolute atomic E-state index is 12.0. The maximum atomic E-state index is 12.0. The molecule has 3 N–H and O–H groups in total. The lowest BCUT2D eigenvalue weighted by molar-refractivity contribution is -0.123. The van der Waals surface area contributed by atoms with E-state index in [9.17, 15) is 4.79 Å². The normalized spacial score (nSPS) is 22.2. The van der Waals surface area contributed by atoms with Crippen molar-refractivity contribution in [3.63, 3.8) is 0 Å². The van der Waals surface area contributed by atoms with Crippen molar-refractivity contribution >= 4 is 5.91 Å². The SMILES string of the molecule is CC1(C)CCCCC1NC(=O)Cn1cc(CN)nn1. The molecule has 1 aliphatic carbocycles. The summed E-state index contributed by atoms with van der Waals surface area (Å²) in [6.07, 6.45) is 6.38. The Balaban J connectivity index is 1.90. The van der Waals surface area contributed by atoms with E-state index in [4.69, 9.17) is 5.73 Å². The van der Waals surface area contributed by atoms with Gasteiger partial charge in [-0.15, -0.1) is 5.10 Å². The highest BCUT2D eigenvalue weighted by atomic mass is 16.2. The number of rotatable bonds is 4. The maximum Gasteiger partial charge on any atom is 0.242 e. The van der Waals surface area contributed by atoms with Crippen LogP contribution in [0.3, 0.4) is 0 Å². The number of nitrogens with zero attached hydrogens (tertiary/aromatic N) is 3. The van der Waals surface area contributed by atoms with Crippen molar-refractivity contribution in [2.75, 3.05) is 0 Å². The van der Waals surface area contributed by atoms with Crippen LogP contribution in [0.1, 0.15) is 45.2 Å². The lowest BCUT2D eigenvalue weighted by Crippen LogP contribution is -2.47. The minimum absolute atomic E-state index is 0.00607. The lowest BCUT2D eigenvalue weighted by Gasteiger charge is -2.39. The quantitative estimate of drug-likeness (QED) is 0.844. The van der Waals surface area contributed by atoms with Gasteiger partial charge >= 0.3 is 0 Å². The fourth-order valence-electron chi connectivity index (χ4n) is 2.66. The molecule has 1 saturated carbocycles. The van der Waals surface area contributed by atoms with Gasteiger partial charge in [0.2, 0.25) is 5.91 Å². The average Bonchev–Trinajstić information content (AvgIpc) is 2.79. The summed E-state index contributed by atoms with van der Waals surface area (Å²) < 4.78 is 1.54. The zero-order valence-electron chi connectivity index (χ0n) is 11.7. The summed E-state index contributed by atoms with van der Waals surface area (Å²) in [5, 5.41) is 10.9. The van der Waals surface area contributed by atoms with Crippen molar-refractivity contribution in [1.29, 1.82) is 0 Å². The molecular weight excluding hydrogens is 242 g/mol. The van der Waals surface area contributed by atoms with Crippen molar-refractivity contribution in [2.24, 2.45) is 11.1 Å². The molecule has 0 aromatic carbocycles. The highest BCUT2D eigenvalue weighted by molar-refractivity contribution is 5.76. The van der Waals surface area contributed by atoms with E-state index in [0.29, 0.717) is 12.2 Å². The third kappa shape index (κ3) is 3.53. The molecule has 19 heavy (non-hydrogen) atoms. The van der Waals surface area contributed by atoms with E-state index in [1.54, 1.807) is 6.20 Å². The van der Waals surface area contributed by atoms with E-state index in [1.165, 1.54) is 23.9 Å². The van der Waals surface area contributed by atoms with Gasteiger partial charge in [-0.25, -0.2) is 4.68 Å². The first-order valence-corrected chi connectivity index (χ1v) is 6.90. The van der Waals surface area contributed by atoms with Crippen LogP contribution in [0.25, 0.3) is 0 Å². The van der Waals surface area contributed by atoms with E-state index in [0.717, 1.165) is 6.42 Å². The van der Waals surface area contributed by atoms with Crippen LogP contribution >= 0.6 is 0 Å². The second kappa shape index (κ2) is 5.69. The van der Waals surface area contributed by atoms with Gasteiger partial charge in [-0.1, -0.05) is 31.9 Å². The largest absolute Gasteiger partial charge is 0.351 e. The first-order valence-electron chi connectivity index (χ1n) is 6.90. The molecule has 6 nitrogen and oxygen atoms in total. The number of aromatic nitrogens is 3. The summed E-state index contributed by atoms with van der Waals surface area (Å²) in [5.41, 5.74) is 6.34. The van der Waals surface area contributed by atoms with Crippen molar-refractivity contribution in [2.45, 2.75) is 58.7 Å². The summed E-state index contributed by atoms with van der Waals surface area (Å²) in [4.78, 5) is 12.0. The van der Waals surface area contributed by atoms with Crippen LogP contribution < -0.4 is 11.1 Å². The fourth-order valence-corrected chi connectivity index (χ4v) is 2.66. The zero-order chi connectivity index (χ0) is 13.9. The molecule has 1 aromatic heterocycles. The van der Waals surface area contributed by atoms with Crippen molar-refractivity contribution < 1.29 is 4.79 Å². The van der Waals surface area contributed by atoms with E-state index in [1.807, 2.05) is 0 Å². The Kier molecular flexibility index (Phi) is 4.19. The van der Waals surface area contributed by atoms with Gasteiger partial charge < -0.3 is 11.1 Å². The molecule has 1 heterocycles. The van der Waals surface area contributed by atoms with E-state index < -0.39 is 0 Å². The van der Waals surface area contributed by atoms with E-state index >= 15 is 0 Å². The predicted molar refractivity (Wildman–Crippen MR) is 72.1 cm³/mol. The van der Waals surface area contributed by atoms with Gasteiger partial charge in [-0.2, -0.15) is 0 Å². The van der Waals surface area contributed by atoms with Gasteiger partial charge in [-0.05, 0) is 18.3 Å². The molecule has 6 heteroatoms. The molecule has 1 aliphatic rings. The highest BCUT2D eigenvalue weighted by Gasteiger charge is 2.33. The lowest BCUT2D eigenvalue weighted by atomic mass is 9.73. The number of amides is 1. The Morgan fingerprint density at radius 2 is 2.37 bits per heavy atom. The van der Waals surface area contributed by atoms with Crippen molar-refractivity contribution in [1.82, 2.24) is 20.3 Å². The van der Waals surface area contributed by atoms with Gasteiger partial charge in [0.25, 0.3) is 0 Å². The van der Waals surface area contributed by atoms with Crippen LogP contribution in [-0.2, 0) is 17.9 Å². The Bertz CT molecular complexity index is 440. The van der Waals surface area contributed by atoms with Gasteiger partial charge in [0.15, 0.2) is 0 Å². The van der Waals surface area contributed by atoms with E-state index in [2.05, 4.69) is 29.5 Å². The summed E-state index contributed by atoms with van der Waals surface area (Å²) in [6, 6.07) is 0.256. The molecule has 1 unspecified atom stereocenters. The van der Waals surface area contributed by atoms with Gasteiger partial charge in [0.1, 0.15) is 6.54 Å². The standard InChI is InChI=1S/C13H23N5O/c1-13(2)6-4-3-5-11(13)15-12(19)9-18-8-10(7-14)16-17-18/h8,11H,3-7,9,14H2,1-2H3,(H,15,19). The molecule has 2 rings (SSSR count). The number of carbonyl (C=O) groups is 1. The molecular formula is C13H23N5O. The fraction of sp³-hybridized carbons (Fsp3) is 0.769. The van der Waals surface area contributed by atoms with E-state index in [-0.39, 0.29) is 23.9 Å². The minimum Gasteiger partial charge on any atom is -0.351 e. The average molecular weight is 265 g/mol. The molecule has 1 aromatic rings. The molecule has 106 valence electrons. The molecule has 1 amide bonds. The number of nitrogens with two attached hydrogens (primary N) is 1. The van der Waals surface area contributed by atoms with Crippen molar-refractivity contribution in [3.05, 3.63) is 11.9 Å². The zero-order valence-corrected chi connectivity index (χ0v) is 11.7. The molecule has 0 aliphatic heterocycles. The van der Waals surface area contributed by atoms with Gasteiger partial charge in [-0.3, -0.25) is 4.79 Å². The number of nitrogens with one attached hydrogen (secondary N) is 1. The summed E-state index contributed by atoms with van der Waals surface area (Å²) in [7, 11) is 0. The van der Waals surface area contributed by atoms with Crippen LogP contribution in [0.15, 0.2) is 6.20 Å². The smallest absolute Gasteiger partial charge is 0.242 e. The highest BCUT2D eigenvalue weighted by Crippen LogP contribution is 2.35. The molecule has 0 radical (unpaired) electrons. The minimum atomic E-state index is -0.00607. The Labute approximate surface area is 113 Å². The summed E-state index contributed by atoms with van der Waals surface area (Å²) >= 11 is 0. The van der Waals surface area contributed by atoms with Crippen LogP contribution in [-0.4, -0.2) is 26.9 Å². The van der Waals surface area contributed by atoms with Crippen LogP contribution in [0, 0.1) is 5.41 Å². The second-order valence-corrected chi connectivity index (χ2v) is 5.97. The number of carbonyl (C=O) groups excluding carboxylic acids is 1.